The first-order chi connectivity index (χ1) is 6.45. The van der Waals surface area contributed by atoms with E-state index in [1.807, 2.05) is 0 Å². The van der Waals surface area contributed by atoms with Crippen LogP contribution in [0.15, 0.2) is 11.6 Å². The molecule has 2 heteroatoms. The number of hydrogen-bond donors (Lipinski definition) is 0. The molecule has 0 bridgehead atoms. The van der Waals surface area contributed by atoms with E-state index in [0.717, 1.165) is 0 Å². The van der Waals surface area contributed by atoms with Crippen molar-refractivity contribution >= 4 is 10.2 Å². The standard InChI is InChI=1S/C12H27NSi/c1-6-11(12(4,5)14)9-10-13(7-2)8-3/h6H,7-10H2,1-5,14H3. The topological polar surface area (TPSA) is 3.24 Å². The first-order valence-corrected chi connectivity index (χ1v) is 6.83. The molecule has 0 heterocycles. The fourth-order valence-electron chi connectivity index (χ4n) is 1.77. The Bertz CT molecular complexity index is 175. The molecule has 0 aromatic heterocycles. The second-order valence-corrected chi connectivity index (χ2v) is 7.34. The van der Waals surface area contributed by atoms with E-state index in [-0.39, 0.29) is 0 Å². The zero-order valence-electron chi connectivity index (χ0n) is 10.9. The number of hydrogen-bond acceptors (Lipinski definition) is 1. The van der Waals surface area contributed by atoms with E-state index in [4.69, 9.17) is 0 Å². The van der Waals surface area contributed by atoms with Gasteiger partial charge in [-0.2, -0.15) is 0 Å². The molecular weight excluding hydrogens is 186 g/mol. The summed E-state index contributed by atoms with van der Waals surface area (Å²) in [6, 6.07) is 0. The summed E-state index contributed by atoms with van der Waals surface area (Å²) >= 11 is 0. The van der Waals surface area contributed by atoms with Crippen molar-refractivity contribution in [1.29, 1.82) is 0 Å². The van der Waals surface area contributed by atoms with Crippen LogP contribution in [0.3, 0.4) is 0 Å². The molecule has 0 aliphatic rings. The zero-order chi connectivity index (χ0) is 11.2. The first-order valence-electron chi connectivity index (χ1n) is 5.83. The molecule has 0 N–H and O–H groups in total. The summed E-state index contributed by atoms with van der Waals surface area (Å²) in [6.07, 6.45) is 3.56. The highest BCUT2D eigenvalue weighted by molar-refractivity contribution is 6.16. The molecule has 0 rings (SSSR count). The lowest BCUT2D eigenvalue weighted by atomic mass is 9.98. The number of rotatable bonds is 6. The van der Waals surface area contributed by atoms with E-state index < -0.39 is 0 Å². The second kappa shape index (κ2) is 6.41. The maximum absolute atomic E-state index is 2.50. The molecular formula is C12H27NSi. The van der Waals surface area contributed by atoms with Crippen molar-refractivity contribution < 1.29 is 0 Å². The van der Waals surface area contributed by atoms with Gasteiger partial charge in [0.1, 0.15) is 0 Å². The van der Waals surface area contributed by atoms with Gasteiger partial charge in [-0.3, -0.25) is 0 Å². The van der Waals surface area contributed by atoms with Crippen LogP contribution in [0.1, 0.15) is 41.0 Å². The van der Waals surface area contributed by atoms with Crippen LogP contribution in [0.5, 0.6) is 0 Å². The van der Waals surface area contributed by atoms with Gasteiger partial charge in [0.15, 0.2) is 0 Å². The minimum atomic E-state index is 0.474. The molecule has 0 radical (unpaired) electrons. The fraction of sp³-hybridized carbons (Fsp3) is 0.833. The van der Waals surface area contributed by atoms with Crippen LogP contribution in [0.25, 0.3) is 0 Å². The third kappa shape index (κ3) is 4.96. The van der Waals surface area contributed by atoms with E-state index in [9.17, 15) is 0 Å². The summed E-state index contributed by atoms with van der Waals surface area (Å²) in [4.78, 5) is 2.50. The Morgan fingerprint density at radius 2 is 1.79 bits per heavy atom. The molecule has 0 fully saturated rings. The minimum Gasteiger partial charge on any atom is -0.304 e. The Labute approximate surface area is 93.0 Å². The van der Waals surface area contributed by atoms with Gasteiger partial charge >= 0.3 is 0 Å². The maximum Gasteiger partial charge on any atom is 0.0151 e. The van der Waals surface area contributed by atoms with Crippen LogP contribution < -0.4 is 0 Å². The molecule has 0 aliphatic carbocycles. The normalized spacial score (nSPS) is 14.0. The molecule has 0 amide bonds. The molecule has 0 aromatic carbocycles. The lowest BCUT2D eigenvalue weighted by molar-refractivity contribution is 0.305. The van der Waals surface area contributed by atoms with Crippen LogP contribution in [0, 0.1) is 0 Å². The van der Waals surface area contributed by atoms with Crippen LogP contribution in [-0.2, 0) is 0 Å². The van der Waals surface area contributed by atoms with Crippen molar-refractivity contribution in [3.63, 3.8) is 0 Å². The van der Waals surface area contributed by atoms with Gasteiger partial charge in [-0.15, -0.1) is 0 Å². The highest BCUT2D eigenvalue weighted by Gasteiger charge is 2.16. The molecule has 84 valence electrons. The molecule has 0 saturated carbocycles. The first kappa shape index (κ1) is 13.9. The third-order valence-corrected chi connectivity index (χ3v) is 3.55. The van der Waals surface area contributed by atoms with E-state index in [0.29, 0.717) is 5.04 Å². The van der Waals surface area contributed by atoms with E-state index in [1.165, 1.54) is 36.3 Å². The van der Waals surface area contributed by atoms with Gasteiger partial charge in [0.25, 0.3) is 0 Å². The van der Waals surface area contributed by atoms with Gasteiger partial charge < -0.3 is 4.90 Å². The predicted octanol–water partition coefficient (Wildman–Crippen LogP) is 2.23. The van der Waals surface area contributed by atoms with Crippen molar-refractivity contribution in [3.8, 4) is 0 Å². The summed E-state index contributed by atoms with van der Waals surface area (Å²) in [5, 5.41) is 0.474. The molecule has 14 heavy (non-hydrogen) atoms. The van der Waals surface area contributed by atoms with Crippen LogP contribution in [-0.4, -0.2) is 34.8 Å². The van der Waals surface area contributed by atoms with Crippen LogP contribution >= 0.6 is 0 Å². The SMILES string of the molecule is CC=C(CCN(CC)CC)C(C)(C)[SiH3]. The largest absolute Gasteiger partial charge is 0.304 e. The summed E-state index contributed by atoms with van der Waals surface area (Å²) in [5.74, 6) is 0. The molecule has 0 spiro atoms. The Kier molecular flexibility index (Phi) is 6.37. The quantitative estimate of drug-likeness (QED) is 0.483. The Morgan fingerprint density at radius 3 is 2.07 bits per heavy atom. The molecule has 1 nitrogen and oxygen atoms in total. The number of allylic oxidation sites excluding steroid dienone is 1. The smallest absolute Gasteiger partial charge is 0.0151 e. The van der Waals surface area contributed by atoms with Crippen molar-refractivity contribution in [3.05, 3.63) is 11.6 Å². The predicted molar refractivity (Wildman–Crippen MR) is 70.1 cm³/mol. The van der Waals surface area contributed by atoms with Crippen LogP contribution in [0.2, 0.25) is 5.04 Å². The number of nitrogens with zero attached hydrogens (tertiary/aromatic N) is 1. The van der Waals surface area contributed by atoms with Crippen LogP contribution in [0.4, 0.5) is 0 Å². The highest BCUT2D eigenvalue weighted by atomic mass is 28.1. The van der Waals surface area contributed by atoms with Gasteiger partial charge in [0.05, 0.1) is 0 Å². The summed E-state index contributed by atoms with van der Waals surface area (Å²) < 4.78 is 0. The monoisotopic (exact) mass is 213 g/mol. The Hall–Kier alpha value is -0.0831. The minimum absolute atomic E-state index is 0.474. The summed E-state index contributed by atoms with van der Waals surface area (Å²) in [5.41, 5.74) is 1.64. The molecule has 0 unspecified atom stereocenters. The maximum atomic E-state index is 2.50. The lowest BCUT2D eigenvalue weighted by Gasteiger charge is -2.26. The van der Waals surface area contributed by atoms with Crippen molar-refractivity contribution in [1.82, 2.24) is 4.90 Å². The second-order valence-electron chi connectivity index (χ2n) is 4.84. The Morgan fingerprint density at radius 1 is 1.29 bits per heavy atom. The van der Waals surface area contributed by atoms with Gasteiger partial charge in [0, 0.05) is 16.8 Å². The molecule has 0 aliphatic heterocycles. The fourth-order valence-corrected chi connectivity index (χ4v) is 2.31. The average molecular weight is 213 g/mol. The third-order valence-electron chi connectivity index (χ3n) is 2.90. The molecule has 0 saturated heterocycles. The lowest BCUT2D eigenvalue weighted by Crippen LogP contribution is -2.25. The van der Waals surface area contributed by atoms with Crippen molar-refractivity contribution in [2.75, 3.05) is 19.6 Å². The molecule has 0 atom stereocenters. The van der Waals surface area contributed by atoms with Gasteiger partial charge in [-0.05, 0) is 31.5 Å². The van der Waals surface area contributed by atoms with Crippen molar-refractivity contribution in [2.45, 2.75) is 46.1 Å². The summed E-state index contributed by atoms with van der Waals surface area (Å²) in [6.45, 7) is 14.9. The summed E-state index contributed by atoms with van der Waals surface area (Å²) in [7, 11) is 1.25. The molecule has 0 aromatic rings. The average Bonchev–Trinajstić information content (AvgIpc) is 2.10. The highest BCUT2D eigenvalue weighted by Crippen LogP contribution is 2.31. The van der Waals surface area contributed by atoms with E-state index >= 15 is 0 Å². The van der Waals surface area contributed by atoms with Gasteiger partial charge in [-0.25, -0.2) is 0 Å². The van der Waals surface area contributed by atoms with E-state index in [2.05, 4.69) is 45.6 Å². The zero-order valence-corrected chi connectivity index (χ0v) is 12.9. The van der Waals surface area contributed by atoms with E-state index in [1.54, 1.807) is 5.57 Å². The Balaban J connectivity index is 4.10. The van der Waals surface area contributed by atoms with Crippen molar-refractivity contribution in [2.24, 2.45) is 0 Å². The van der Waals surface area contributed by atoms with Gasteiger partial charge in [0.2, 0.25) is 0 Å². The van der Waals surface area contributed by atoms with Gasteiger partial charge in [-0.1, -0.05) is 39.3 Å².